The third kappa shape index (κ3) is 1.85. The zero-order valence-corrected chi connectivity index (χ0v) is 9.34. The van der Waals surface area contributed by atoms with Gasteiger partial charge in [-0.15, -0.1) is 0 Å². The zero-order chi connectivity index (χ0) is 11.7. The number of nitrogens with one attached hydrogen (secondary N) is 1. The third-order valence-electron chi connectivity index (χ3n) is 2.51. The lowest BCUT2D eigenvalue weighted by atomic mass is 10.2. The smallest absolute Gasteiger partial charge is 0.154 e. The maximum Gasteiger partial charge on any atom is 0.154 e. The summed E-state index contributed by atoms with van der Waals surface area (Å²) in [6.07, 6.45) is 7.05. The van der Waals surface area contributed by atoms with Crippen LogP contribution in [-0.2, 0) is 0 Å². The molecule has 0 saturated heterocycles. The van der Waals surface area contributed by atoms with Crippen molar-refractivity contribution in [3.05, 3.63) is 48.5 Å². The van der Waals surface area contributed by atoms with Crippen LogP contribution in [0.25, 0.3) is 11.0 Å². The van der Waals surface area contributed by atoms with Gasteiger partial charge in [0.25, 0.3) is 0 Å². The number of H-pyrrole nitrogens is 1. The number of hydrogen-bond donors (Lipinski definition) is 1. The molecule has 0 aliphatic heterocycles. The van der Waals surface area contributed by atoms with E-state index in [0.717, 1.165) is 28.1 Å². The minimum Gasteiger partial charge on any atom is -0.455 e. The van der Waals surface area contributed by atoms with Gasteiger partial charge in [0, 0.05) is 24.8 Å². The Balaban J connectivity index is 2.03. The highest BCUT2D eigenvalue weighted by molar-refractivity contribution is 5.83. The van der Waals surface area contributed by atoms with Gasteiger partial charge in [-0.25, -0.2) is 4.98 Å². The summed E-state index contributed by atoms with van der Waals surface area (Å²) in [5.74, 6) is 1.55. The summed E-state index contributed by atoms with van der Waals surface area (Å²) in [5.41, 5.74) is 1.94. The molecule has 4 nitrogen and oxygen atoms in total. The predicted molar refractivity (Wildman–Crippen MR) is 65.1 cm³/mol. The summed E-state index contributed by atoms with van der Waals surface area (Å²) >= 11 is 0. The van der Waals surface area contributed by atoms with Gasteiger partial charge >= 0.3 is 0 Å². The number of aryl methyl sites for hydroxylation is 1. The molecule has 84 valence electrons. The molecule has 4 heteroatoms. The van der Waals surface area contributed by atoms with Crippen molar-refractivity contribution >= 4 is 11.0 Å². The summed E-state index contributed by atoms with van der Waals surface area (Å²) in [5, 5.41) is 0.988. The summed E-state index contributed by atoms with van der Waals surface area (Å²) < 4.78 is 5.78. The molecule has 0 unspecified atom stereocenters. The van der Waals surface area contributed by atoms with E-state index >= 15 is 0 Å². The number of nitrogens with zero attached hydrogens (tertiary/aromatic N) is 2. The van der Waals surface area contributed by atoms with E-state index in [2.05, 4.69) is 21.0 Å². The standard InChI is InChI=1S/C13H11N3O/c1-9-6-11-12(8-16-13(11)15-7-9)17-10-2-4-14-5-3-10/h2-8H,1H3,(H,15,16). The normalized spacial score (nSPS) is 10.6. The maximum atomic E-state index is 5.78. The fraction of sp³-hybridized carbons (Fsp3) is 0.0769. The zero-order valence-electron chi connectivity index (χ0n) is 9.34. The first-order valence-corrected chi connectivity index (χ1v) is 5.34. The molecule has 0 aliphatic rings. The van der Waals surface area contributed by atoms with Gasteiger partial charge in [0.1, 0.15) is 11.4 Å². The molecule has 0 saturated carbocycles. The Kier molecular flexibility index (Phi) is 2.26. The van der Waals surface area contributed by atoms with Crippen LogP contribution in [0.4, 0.5) is 0 Å². The van der Waals surface area contributed by atoms with Crippen molar-refractivity contribution in [1.29, 1.82) is 0 Å². The first-order valence-electron chi connectivity index (χ1n) is 5.34. The van der Waals surface area contributed by atoms with E-state index in [4.69, 9.17) is 4.74 Å². The Morgan fingerprint density at radius 2 is 2.06 bits per heavy atom. The van der Waals surface area contributed by atoms with E-state index in [-0.39, 0.29) is 0 Å². The van der Waals surface area contributed by atoms with Crippen molar-refractivity contribution < 1.29 is 4.74 Å². The summed E-state index contributed by atoms with van der Waals surface area (Å²) in [6, 6.07) is 5.69. The second-order valence-corrected chi connectivity index (χ2v) is 3.85. The Hall–Kier alpha value is -2.36. The van der Waals surface area contributed by atoms with Crippen LogP contribution in [0.2, 0.25) is 0 Å². The Labute approximate surface area is 98.3 Å². The molecule has 0 radical (unpaired) electrons. The summed E-state index contributed by atoms with van der Waals surface area (Å²) in [6.45, 7) is 2.01. The lowest BCUT2D eigenvalue weighted by molar-refractivity contribution is 0.487. The Bertz CT molecular complexity index is 646. The summed E-state index contributed by atoms with van der Waals surface area (Å²) in [7, 11) is 0. The minimum atomic E-state index is 0.766. The first-order chi connectivity index (χ1) is 8.33. The van der Waals surface area contributed by atoms with Crippen molar-refractivity contribution in [3.8, 4) is 11.5 Å². The topological polar surface area (TPSA) is 50.8 Å². The van der Waals surface area contributed by atoms with Gasteiger partial charge in [-0.1, -0.05) is 0 Å². The average molecular weight is 225 g/mol. The van der Waals surface area contributed by atoms with Gasteiger partial charge in [0.15, 0.2) is 5.75 Å². The van der Waals surface area contributed by atoms with E-state index in [1.165, 1.54) is 0 Å². The molecule has 1 N–H and O–H groups in total. The molecule has 0 spiro atoms. The van der Waals surface area contributed by atoms with E-state index in [0.29, 0.717) is 0 Å². The second-order valence-electron chi connectivity index (χ2n) is 3.85. The number of rotatable bonds is 2. The van der Waals surface area contributed by atoms with Crippen LogP contribution in [0, 0.1) is 6.92 Å². The molecule has 17 heavy (non-hydrogen) atoms. The van der Waals surface area contributed by atoms with Crippen LogP contribution < -0.4 is 4.74 Å². The number of aromatic nitrogens is 3. The highest BCUT2D eigenvalue weighted by atomic mass is 16.5. The molecule has 3 rings (SSSR count). The molecule has 0 aliphatic carbocycles. The minimum absolute atomic E-state index is 0.766. The molecule has 3 aromatic rings. The fourth-order valence-corrected chi connectivity index (χ4v) is 1.70. The SMILES string of the molecule is Cc1cnc2[nH]cc(Oc3ccncc3)c2c1. The molecule has 0 aromatic carbocycles. The number of fused-ring (bicyclic) bond motifs is 1. The number of aromatic amines is 1. The molecular weight excluding hydrogens is 214 g/mol. The van der Waals surface area contributed by atoms with Crippen LogP contribution in [0.5, 0.6) is 11.5 Å². The highest BCUT2D eigenvalue weighted by Gasteiger charge is 2.06. The molecule has 0 amide bonds. The van der Waals surface area contributed by atoms with Crippen molar-refractivity contribution in [2.24, 2.45) is 0 Å². The van der Waals surface area contributed by atoms with Gasteiger partial charge in [0.2, 0.25) is 0 Å². The van der Waals surface area contributed by atoms with Crippen molar-refractivity contribution in [3.63, 3.8) is 0 Å². The Morgan fingerprint density at radius 1 is 1.24 bits per heavy atom. The molecular formula is C13H11N3O. The molecule has 3 aromatic heterocycles. The first kappa shape index (κ1) is 9.84. The van der Waals surface area contributed by atoms with Crippen LogP contribution in [0.15, 0.2) is 43.0 Å². The molecule has 0 fully saturated rings. The van der Waals surface area contributed by atoms with Gasteiger partial charge in [-0.3, -0.25) is 4.98 Å². The summed E-state index contributed by atoms with van der Waals surface area (Å²) in [4.78, 5) is 11.3. The van der Waals surface area contributed by atoms with E-state index in [1.54, 1.807) is 12.4 Å². The molecule has 0 bridgehead atoms. The van der Waals surface area contributed by atoms with E-state index in [1.807, 2.05) is 31.5 Å². The monoisotopic (exact) mass is 225 g/mol. The number of ether oxygens (including phenoxy) is 1. The van der Waals surface area contributed by atoms with Crippen LogP contribution >= 0.6 is 0 Å². The predicted octanol–water partition coefficient (Wildman–Crippen LogP) is 3.06. The molecule has 3 heterocycles. The average Bonchev–Trinajstić information content (AvgIpc) is 2.73. The van der Waals surface area contributed by atoms with Gasteiger partial charge < -0.3 is 9.72 Å². The lowest BCUT2D eigenvalue weighted by Gasteiger charge is -2.03. The van der Waals surface area contributed by atoms with Crippen LogP contribution in [-0.4, -0.2) is 15.0 Å². The van der Waals surface area contributed by atoms with Crippen molar-refractivity contribution in [1.82, 2.24) is 15.0 Å². The lowest BCUT2D eigenvalue weighted by Crippen LogP contribution is -1.83. The highest BCUT2D eigenvalue weighted by Crippen LogP contribution is 2.28. The van der Waals surface area contributed by atoms with Crippen molar-refractivity contribution in [2.45, 2.75) is 6.92 Å². The number of hydrogen-bond acceptors (Lipinski definition) is 3. The van der Waals surface area contributed by atoms with Gasteiger partial charge in [0.05, 0.1) is 5.39 Å². The maximum absolute atomic E-state index is 5.78. The third-order valence-corrected chi connectivity index (χ3v) is 2.51. The van der Waals surface area contributed by atoms with Crippen molar-refractivity contribution in [2.75, 3.05) is 0 Å². The van der Waals surface area contributed by atoms with E-state index < -0.39 is 0 Å². The van der Waals surface area contributed by atoms with Gasteiger partial charge in [-0.2, -0.15) is 0 Å². The van der Waals surface area contributed by atoms with Crippen LogP contribution in [0.1, 0.15) is 5.56 Å². The second kappa shape index (κ2) is 3.90. The number of pyridine rings is 2. The molecule has 0 atom stereocenters. The fourth-order valence-electron chi connectivity index (χ4n) is 1.70. The largest absolute Gasteiger partial charge is 0.455 e. The van der Waals surface area contributed by atoms with Gasteiger partial charge in [-0.05, 0) is 30.7 Å². The quantitative estimate of drug-likeness (QED) is 0.729. The van der Waals surface area contributed by atoms with E-state index in [9.17, 15) is 0 Å². The van der Waals surface area contributed by atoms with Crippen LogP contribution in [0.3, 0.4) is 0 Å². The Morgan fingerprint density at radius 3 is 2.88 bits per heavy atom.